The third-order valence-corrected chi connectivity index (χ3v) is 4.31. The zero-order chi connectivity index (χ0) is 15.1. The standard InChI is InChI=1S/C19H22ClN/c1-3-19(21-2,17-11-13-18(20)14-12-17)15-7-10-16-8-5-4-6-9-16/h4-14,21H,3,15H2,1-2H3. The largest absolute Gasteiger partial charge is 0.310 e. The summed E-state index contributed by atoms with van der Waals surface area (Å²) in [5, 5.41) is 4.27. The Morgan fingerprint density at radius 3 is 2.29 bits per heavy atom. The lowest BCUT2D eigenvalue weighted by atomic mass is 9.84. The molecular formula is C19H22ClN. The molecule has 2 rings (SSSR count). The molecule has 21 heavy (non-hydrogen) atoms. The molecule has 0 saturated heterocycles. The number of hydrogen-bond donors (Lipinski definition) is 1. The van der Waals surface area contributed by atoms with Gasteiger partial charge in [-0.15, -0.1) is 0 Å². The van der Waals surface area contributed by atoms with Crippen molar-refractivity contribution < 1.29 is 0 Å². The third kappa shape index (κ3) is 3.96. The molecule has 0 aromatic heterocycles. The molecule has 0 heterocycles. The molecule has 0 aliphatic carbocycles. The highest BCUT2D eigenvalue weighted by atomic mass is 35.5. The topological polar surface area (TPSA) is 12.0 Å². The lowest BCUT2D eigenvalue weighted by molar-refractivity contribution is 0.351. The van der Waals surface area contributed by atoms with Crippen molar-refractivity contribution in [3.8, 4) is 0 Å². The van der Waals surface area contributed by atoms with E-state index in [0.29, 0.717) is 0 Å². The fourth-order valence-electron chi connectivity index (χ4n) is 2.62. The van der Waals surface area contributed by atoms with Gasteiger partial charge in [-0.2, -0.15) is 0 Å². The molecule has 0 bridgehead atoms. The van der Waals surface area contributed by atoms with Gasteiger partial charge in [-0.1, -0.05) is 73.1 Å². The van der Waals surface area contributed by atoms with Crippen LogP contribution in [0.4, 0.5) is 0 Å². The van der Waals surface area contributed by atoms with Crippen LogP contribution in [0, 0.1) is 0 Å². The van der Waals surface area contributed by atoms with E-state index in [1.165, 1.54) is 11.1 Å². The number of rotatable bonds is 6. The van der Waals surface area contributed by atoms with E-state index >= 15 is 0 Å². The van der Waals surface area contributed by atoms with E-state index in [4.69, 9.17) is 11.6 Å². The van der Waals surface area contributed by atoms with E-state index in [-0.39, 0.29) is 5.54 Å². The van der Waals surface area contributed by atoms with Crippen molar-refractivity contribution in [2.45, 2.75) is 25.3 Å². The van der Waals surface area contributed by atoms with Crippen molar-refractivity contribution in [3.63, 3.8) is 0 Å². The average Bonchev–Trinajstić information content (AvgIpc) is 2.54. The van der Waals surface area contributed by atoms with E-state index in [9.17, 15) is 0 Å². The van der Waals surface area contributed by atoms with Gasteiger partial charge in [-0.3, -0.25) is 0 Å². The summed E-state index contributed by atoms with van der Waals surface area (Å²) >= 11 is 6.00. The molecule has 0 amide bonds. The second-order valence-corrected chi connectivity index (χ2v) is 5.65. The van der Waals surface area contributed by atoms with Crippen LogP contribution in [-0.2, 0) is 5.54 Å². The van der Waals surface area contributed by atoms with Crippen LogP contribution >= 0.6 is 11.6 Å². The van der Waals surface area contributed by atoms with E-state index in [1.807, 2.05) is 25.2 Å². The molecular weight excluding hydrogens is 278 g/mol. The first-order valence-corrected chi connectivity index (χ1v) is 7.74. The van der Waals surface area contributed by atoms with Crippen LogP contribution < -0.4 is 5.32 Å². The fourth-order valence-corrected chi connectivity index (χ4v) is 2.74. The van der Waals surface area contributed by atoms with Gasteiger partial charge in [-0.25, -0.2) is 0 Å². The van der Waals surface area contributed by atoms with Crippen molar-refractivity contribution in [1.29, 1.82) is 0 Å². The highest BCUT2D eigenvalue weighted by molar-refractivity contribution is 6.30. The lowest BCUT2D eigenvalue weighted by Gasteiger charge is -2.32. The van der Waals surface area contributed by atoms with Gasteiger partial charge in [-0.05, 0) is 43.1 Å². The molecule has 2 aromatic carbocycles. The highest BCUT2D eigenvalue weighted by Gasteiger charge is 2.26. The number of halogens is 1. The van der Waals surface area contributed by atoms with Crippen molar-refractivity contribution in [1.82, 2.24) is 5.32 Å². The first-order chi connectivity index (χ1) is 10.2. The van der Waals surface area contributed by atoms with E-state index in [2.05, 4.69) is 60.8 Å². The summed E-state index contributed by atoms with van der Waals surface area (Å²) in [5.74, 6) is 0. The quantitative estimate of drug-likeness (QED) is 0.766. The third-order valence-electron chi connectivity index (χ3n) is 4.06. The van der Waals surface area contributed by atoms with Gasteiger partial charge < -0.3 is 5.32 Å². The molecule has 0 radical (unpaired) electrons. The minimum absolute atomic E-state index is 0.0458. The second-order valence-electron chi connectivity index (χ2n) is 5.21. The monoisotopic (exact) mass is 299 g/mol. The molecule has 1 nitrogen and oxygen atoms in total. The van der Waals surface area contributed by atoms with Gasteiger partial charge in [0.1, 0.15) is 0 Å². The van der Waals surface area contributed by atoms with Crippen molar-refractivity contribution >= 4 is 17.7 Å². The average molecular weight is 300 g/mol. The molecule has 0 spiro atoms. The molecule has 2 heteroatoms. The highest BCUT2D eigenvalue weighted by Crippen LogP contribution is 2.30. The Morgan fingerprint density at radius 1 is 1.05 bits per heavy atom. The van der Waals surface area contributed by atoms with Gasteiger partial charge in [0.2, 0.25) is 0 Å². The zero-order valence-corrected chi connectivity index (χ0v) is 13.4. The first-order valence-electron chi connectivity index (χ1n) is 7.37. The lowest BCUT2D eigenvalue weighted by Crippen LogP contribution is -2.38. The second kappa shape index (κ2) is 7.44. The van der Waals surface area contributed by atoms with E-state index in [0.717, 1.165) is 17.9 Å². The predicted molar refractivity (Wildman–Crippen MR) is 92.6 cm³/mol. The Hall–Kier alpha value is -1.57. The van der Waals surface area contributed by atoms with Crippen LogP contribution in [0.3, 0.4) is 0 Å². The summed E-state index contributed by atoms with van der Waals surface area (Å²) < 4.78 is 0. The van der Waals surface area contributed by atoms with Crippen LogP contribution in [0.1, 0.15) is 30.9 Å². The summed E-state index contributed by atoms with van der Waals surface area (Å²) in [6.45, 7) is 2.21. The smallest absolute Gasteiger partial charge is 0.0464 e. The minimum atomic E-state index is -0.0458. The first kappa shape index (κ1) is 15.8. The van der Waals surface area contributed by atoms with Crippen LogP contribution in [0.5, 0.6) is 0 Å². The Labute approximate surface area is 132 Å². The van der Waals surface area contributed by atoms with E-state index in [1.54, 1.807) is 0 Å². The van der Waals surface area contributed by atoms with Crippen LogP contribution in [0.15, 0.2) is 60.7 Å². The zero-order valence-electron chi connectivity index (χ0n) is 12.6. The van der Waals surface area contributed by atoms with Crippen molar-refractivity contribution in [2.24, 2.45) is 0 Å². The van der Waals surface area contributed by atoms with Crippen molar-refractivity contribution in [2.75, 3.05) is 7.05 Å². The van der Waals surface area contributed by atoms with Crippen LogP contribution in [-0.4, -0.2) is 7.05 Å². The minimum Gasteiger partial charge on any atom is -0.310 e. The van der Waals surface area contributed by atoms with E-state index < -0.39 is 0 Å². The maximum atomic E-state index is 6.00. The molecule has 1 atom stereocenters. The van der Waals surface area contributed by atoms with Crippen LogP contribution in [0.25, 0.3) is 6.08 Å². The molecule has 2 aromatic rings. The molecule has 0 saturated carbocycles. The SMILES string of the molecule is CCC(CC=Cc1ccccc1)(NC)c1ccc(Cl)cc1. The molecule has 1 unspecified atom stereocenters. The maximum absolute atomic E-state index is 6.00. The Kier molecular flexibility index (Phi) is 5.60. The summed E-state index contributed by atoms with van der Waals surface area (Å²) in [7, 11) is 2.02. The molecule has 0 aliphatic heterocycles. The van der Waals surface area contributed by atoms with Crippen LogP contribution in [0.2, 0.25) is 5.02 Å². The summed E-state index contributed by atoms with van der Waals surface area (Å²) in [4.78, 5) is 0. The normalized spacial score (nSPS) is 14.2. The Balaban J connectivity index is 2.18. The summed E-state index contributed by atoms with van der Waals surface area (Å²) in [6.07, 6.45) is 6.38. The molecule has 1 N–H and O–H groups in total. The summed E-state index contributed by atoms with van der Waals surface area (Å²) in [6, 6.07) is 18.5. The van der Waals surface area contributed by atoms with Gasteiger partial charge in [0, 0.05) is 10.6 Å². The maximum Gasteiger partial charge on any atom is 0.0464 e. The molecule has 110 valence electrons. The summed E-state index contributed by atoms with van der Waals surface area (Å²) in [5.41, 5.74) is 2.46. The Bertz CT molecular complexity index is 568. The number of hydrogen-bond acceptors (Lipinski definition) is 1. The number of benzene rings is 2. The molecule has 0 fully saturated rings. The Morgan fingerprint density at radius 2 is 1.71 bits per heavy atom. The van der Waals surface area contributed by atoms with Gasteiger partial charge in [0.15, 0.2) is 0 Å². The van der Waals surface area contributed by atoms with Gasteiger partial charge in [0.25, 0.3) is 0 Å². The fraction of sp³-hybridized carbons (Fsp3) is 0.263. The molecule has 0 aliphatic rings. The van der Waals surface area contributed by atoms with Gasteiger partial charge >= 0.3 is 0 Å². The number of nitrogens with one attached hydrogen (secondary N) is 1. The van der Waals surface area contributed by atoms with Gasteiger partial charge in [0.05, 0.1) is 0 Å². The predicted octanol–water partition coefficient (Wildman–Crippen LogP) is 5.27. The van der Waals surface area contributed by atoms with Crippen molar-refractivity contribution in [3.05, 3.63) is 76.8 Å².